The van der Waals surface area contributed by atoms with Crippen LogP contribution in [0, 0.1) is 0 Å². The van der Waals surface area contributed by atoms with Crippen LogP contribution in [0.1, 0.15) is 33.1 Å². The normalized spacial score (nSPS) is 31.9. The maximum absolute atomic E-state index is 5.98. The van der Waals surface area contributed by atoms with E-state index in [0.717, 1.165) is 19.0 Å². The third-order valence-electron chi connectivity index (χ3n) is 4.16. The summed E-state index contributed by atoms with van der Waals surface area (Å²) >= 11 is 0. The van der Waals surface area contributed by atoms with Crippen molar-refractivity contribution >= 4 is 5.96 Å². The van der Waals surface area contributed by atoms with Gasteiger partial charge in [0.05, 0.1) is 12.1 Å². The number of hydrogen-bond donors (Lipinski definition) is 1. The highest BCUT2D eigenvalue weighted by Crippen LogP contribution is 2.32. The average molecular weight is 224 g/mol. The molecule has 1 spiro atoms. The van der Waals surface area contributed by atoms with Crippen LogP contribution in [0.4, 0.5) is 0 Å². The monoisotopic (exact) mass is 224 g/mol. The van der Waals surface area contributed by atoms with Crippen molar-refractivity contribution in [3.63, 3.8) is 0 Å². The molecule has 2 aliphatic heterocycles. The fourth-order valence-electron chi connectivity index (χ4n) is 3.12. The molecule has 1 atom stereocenters. The van der Waals surface area contributed by atoms with Crippen LogP contribution in [0.25, 0.3) is 0 Å². The quantitative estimate of drug-likeness (QED) is 0.757. The van der Waals surface area contributed by atoms with E-state index in [1.54, 1.807) is 0 Å². The molecule has 0 radical (unpaired) electrons. The predicted molar refractivity (Wildman–Crippen MR) is 67.6 cm³/mol. The van der Waals surface area contributed by atoms with Crippen molar-refractivity contribution < 1.29 is 0 Å². The molecule has 0 bridgehead atoms. The van der Waals surface area contributed by atoms with Crippen LogP contribution in [0.15, 0.2) is 4.99 Å². The lowest BCUT2D eigenvalue weighted by Gasteiger charge is -2.38. The highest BCUT2D eigenvalue weighted by Gasteiger charge is 2.41. The molecule has 0 aromatic rings. The number of likely N-dealkylation sites (tertiary alicyclic amines) is 1. The molecule has 4 heteroatoms. The van der Waals surface area contributed by atoms with E-state index < -0.39 is 0 Å². The lowest BCUT2D eigenvalue weighted by Crippen LogP contribution is -2.51. The Labute approximate surface area is 98.5 Å². The first kappa shape index (κ1) is 11.7. The highest BCUT2D eigenvalue weighted by atomic mass is 15.4. The largest absolute Gasteiger partial charge is 0.370 e. The minimum absolute atomic E-state index is 0.239. The van der Waals surface area contributed by atoms with Gasteiger partial charge in [-0.3, -0.25) is 4.99 Å². The molecule has 2 heterocycles. The molecule has 2 aliphatic rings. The molecule has 0 aromatic carbocycles. The average Bonchev–Trinajstić information content (AvgIpc) is 2.49. The van der Waals surface area contributed by atoms with Gasteiger partial charge < -0.3 is 15.5 Å². The smallest absolute Gasteiger partial charge is 0.191 e. The van der Waals surface area contributed by atoms with Crippen molar-refractivity contribution in [1.82, 2.24) is 9.80 Å². The summed E-state index contributed by atoms with van der Waals surface area (Å²) in [5.74, 6) is 0.757. The Morgan fingerprint density at radius 1 is 1.25 bits per heavy atom. The van der Waals surface area contributed by atoms with E-state index in [1.807, 2.05) is 0 Å². The SMILES string of the molecule is CCN1CCCC2(CC1)CN=C(N)N2CC. The van der Waals surface area contributed by atoms with Crippen molar-refractivity contribution in [2.75, 3.05) is 32.7 Å². The molecule has 92 valence electrons. The topological polar surface area (TPSA) is 44.9 Å². The molecule has 0 amide bonds. The van der Waals surface area contributed by atoms with E-state index in [1.165, 1.54) is 38.9 Å². The van der Waals surface area contributed by atoms with Gasteiger partial charge in [-0.05, 0) is 39.3 Å². The molecule has 4 nitrogen and oxygen atoms in total. The van der Waals surface area contributed by atoms with Crippen LogP contribution in [-0.2, 0) is 0 Å². The standard InChI is InChI=1S/C12H24N4/c1-3-15-8-5-6-12(7-9-15)10-14-11(13)16(12)4-2/h3-10H2,1-2H3,(H2,13,14). The van der Waals surface area contributed by atoms with Crippen LogP contribution in [0.3, 0.4) is 0 Å². The number of guanidine groups is 1. The summed E-state index contributed by atoms with van der Waals surface area (Å²) < 4.78 is 0. The number of hydrogen-bond acceptors (Lipinski definition) is 4. The van der Waals surface area contributed by atoms with Gasteiger partial charge in [0, 0.05) is 13.1 Å². The number of aliphatic imine (C=N–C) groups is 1. The number of rotatable bonds is 2. The van der Waals surface area contributed by atoms with Gasteiger partial charge in [0.15, 0.2) is 5.96 Å². The van der Waals surface area contributed by atoms with E-state index in [0.29, 0.717) is 0 Å². The molecule has 16 heavy (non-hydrogen) atoms. The van der Waals surface area contributed by atoms with Crippen LogP contribution in [0.5, 0.6) is 0 Å². The molecule has 2 rings (SSSR count). The summed E-state index contributed by atoms with van der Waals surface area (Å²) in [4.78, 5) is 9.32. The second kappa shape index (κ2) is 4.62. The molecule has 0 aromatic heterocycles. The Bertz CT molecular complexity index is 276. The molecule has 2 N–H and O–H groups in total. The summed E-state index contributed by atoms with van der Waals surface area (Å²) in [5, 5.41) is 0. The van der Waals surface area contributed by atoms with E-state index >= 15 is 0 Å². The van der Waals surface area contributed by atoms with Gasteiger partial charge in [0.1, 0.15) is 0 Å². The van der Waals surface area contributed by atoms with Gasteiger partial charge in [-0.1, -0.05) is 6.92 Å². The van der Waals surface area contributed by atoms with E-state index in [-0.39, 0.29) is 5.54 Å². The zero-order chi connectivity index (χ0) is 11.6. The Morgan fingerprint density at radius 2 is 2.06 bits per heavy atom. The Kier molecular flexibility index (Phi) is 3.38. The van der Waals surface area contributed by atoms with Crippen molar-refractivity contribution in [2.45, 2.75) is 38.6 Å². The van der Waals surface area contributed by atoms with E-state index in [4.69, 9.17) is 5.73 Å². The highest BCUT2D eigenvalue weighted by molar-refractivity contribution is 5.81. The lowest BCUT2D eigenvalue weighted by atomic mass is 9.89. The van der Waals surface area contributed by atoms with E-state index in [9.17, 15) is 0 Å². The molecular formula is C12H24N4. The van der Waals surface area contributed by atoms with Gasteiger partial charge in [0.25, 0.3) is 0 Å². The predicted octanol–water partition coefficient (Wildman–Crippen LogP) is 0.881. The van der Waals surface area contributed by atoms with Crippen LogP contribution in [-0.4, -0.2) is 54.0 Å². The lowest BCUT2D eigenvalue weighted by molar-refractivity contribution is 0.179. The van der Waals surface area contributed by atoms with Crippen LogP contribution >= 0.6 is 0 Å². The summed E-state index contributed by atoms with van der Waals surface area (Å²) in [5.41, 5.74) is 6.21. The molecule has 1 saturated heterocycles. The van der Waals surface area contributed by atoms with Crippen LogP contribution < -0.4 is 5.73 Å². The Morgan fingerprint density at radius 3 is 2.75 bits per heavy atom. The zero-order valence-corrected chi connectivity index (χ0v) is 10.6. The third kappa shape index (κ3) is 1.90. The second-order valence-electron chi connectivity index (χ2n) is 4.93. The first-order chi connectivity index (χ1) is 7.72. The molecule has 1 unspecified atom stereocenters. The minimum Gasteiger partial charge on any atom is -0.370 e. The molecule has 1 fully saturated rings. The fraction of sp³-hybridized carbons (Fsp3) is 0.917. The Hall–Kier alpha value is -0.770. The van der Waals surface area contributed by atoms with Gasteiger partial charge in [-0.25, -0.2) is 0 Å². The molecular weight excluding hydrogens is 200 g/mol. The fourth-order valence-corrected chi connectivity index (χ4v) is 3.12. The maximum atomic E-state index is 5.98. The zero-order valence-electron chi connectivity index (χ0n) is 10.6. The summed E-state index contributed by atoms with van der Waals surface area (Å²) in [6, 6.07) is 0. The first-order valence-corrected chi connectivity index (χ1v) is 6.52. The summed E-state index contributed by atoms with van der Waals surface area (Å²) in [7, 11) is 0. The van der Waals surface area contributed by atoms with Gasteiger partial charge >= 0.3 is 0 Å². The first-order valence-electron chi connectivity index (χ1n) is 6.52. The van der Waals surface area contributed by atoms with Crippen molar-refractivity contribution in [3.05, 3.63) is 0 Å². The minimum atomic E-state index is 0.239. The second-order valence-corrected chi connectivity index (χ2v) is 4.93. The molecule has 0 saturated carbocycles. The van der Waals surface area contributed by atoms with Gasteiger partial charge in [-0.15, -0.1) is 0 Å². The van der Waals surface area contributed by atoms with E-state index in [2.05, 4.69) is 28.6 Å². The number of nitrogens with zero attached hydrogens (tertiary/aromatic N) is 3. The van der Waals surface area contributed by atoms with Crippen molar-refractivity contribution in [3.8, 4) is 0 Å². The van der Waals surface area contributed by atoms with Gasteiger partial charge in [0.2, 0.25) is 0 Å². The van der Waals surface area contributed by atoms with Crippen molar-refractivity contribution in [1.29, 1.82) is 0 Å². The van der Waals surface area contributed by atoms with Gasteiger partial charge in [-0.2, -0.15) is 0 Å². The Balaban J connectivity index is 2.08. The summed E-state index contributed by atoms with van der Waals surface area (Å²) in [6.07, 6.45) is 3.72. The van der Waals surface area contributed by atoms with Crippen molar-refractivity contribution in [2.24, 2.45) is 10.7 Å². The number of likely N-dealkylation sites (N-methyl/N-ethyl adjacent to an activating group) is 1. The summed E-state index contributed by atoms with van der Waals surface area (Å²) in [6.45, 7) is 9.91. The van der Waals surface area contributed by atoms with Crippen LogP contribution in [0.2, 0.25) is 0 Å². The number of nitrogens with two attached hydrogens (primary N) is 1. The third-order valence-corrected chi connectivity index (χ3v) is 4.16. The molecule has 0 aliphatic carbocycles. The maximum Gasteiger partial charge on any atom is 0.191 e.